The first kappa shape index (κ1) is 24.2. The molecule has 3 aliphatic carbocycles. The maximum atomic E-state index is 8.69. The lowest BCUT2D eigenvalue weighted by molar-refractivity contribution is -0.0177. The number of fused-ring (bicyclic) bond motifs is 2. The van der Waals surface area contributed by atoms with E-state index in [4.69, 9.17) is 14.9 Å². The van der Waals surface area contributed by atoms with Crippen molar-refractivity contribution in [1.82, 2.24) is 0 Å². The van der Waals surface area contributed by atoms with Crippen LogP contribution < -0.4 is 0 Å². The smallest absolute Gasteiger partial charge is 0.0779 e. The number of hydrogen-bond donors (Lipinski definition) is 2. The quantitative estimate of drug-likeness (QED) is 0.419. The second-order valence-electron chi connectivity index (χ2n) is 7.32. The molecule has 0 aromatic heterocycles. The highest BCUT2D eigenvalue weighted by molar-refractivity contribution is 7.78. The third kappa shape index (κ3) is 8.89. The average molecular weight is 370 g/mol. The maximum absolute atomic E-state index is 8.69. The fraction of sp³-hybridized carbons (Fsp3) is 0.750. The second kappa shape index (κ2) is 12.5. The molecule has 4 nitrogen and oxygen atoms in total. The molecular weight excluding hydrogens is 334 g/mol. The Balaban J connectivity index is 0.000000359. The van der Waals surface area contributed by atoms with E-state index in [1.54, 1.807) is 31.1 Å². The molecule has 3 aliphatic rings. The number of allylic oxidation sites excluding steroid dienone is 2. The minimum atomic E-state index is -0.445. The highest BCUT2D eigenvalue weighted by Crippen LogP contribution is 2.58. The van der Waals surface area contributed by atoms with Crippen LogP contribution >= 0.6 is 12.2 Å². The molecule has 144 valence electrons. The Labute approximate surface area is 158 Å². The fourth-order valence-corrected chi connectivity index (χ4v) is 3.14. The van der Waals surface area contributed by atoms with Gasteiger partial charge < -0.3 is 14.9 Å². The van der Waals surface area contributed by atoms with E-state index in [1.165, 1.54) is 19.3 Å². The molecule has 1 fully saturated rings. The van der Waals surface area contributed by atoms with Gasteiger partial charge in [0.05, 0.1) is 37.1 Å². The van der Waals surface area contributed by atoms with Gasteiger partial charge in [-0.2, -0.15) is 0 Å². The van der Waals surface area contributed by atoms with Crippen LogP contribution in [0.15, 0.2) is 28.8 Å². The number of isothiocyanates is 1. The van der Waals surface area contributed by atoms with Crippen LogP contribution in [-0.4, -0.2) is 47.3 Å². The molecule has 0 radical (unpaired) electrons. The molecule has 3 atom stereocenters. The van der Waals surface area contributed by atoms with Gasteiger partial charge in [0.1, 0.15) is 0 Å². The lowest BCUT2D eigenvalue weighted by Crippen LogP contribution is -2.41. The largest absolute Gasteiger partial charge is 0.394 e. The van der Waals surface area contributed by atoms with Crippen LogP contribution in [0.2, 0.25) is 0 Å². The average Bonchev–Trinajstić information content (AvgIpc) is 2.58. The summed E-state index contributed by atoms with van der Waals surface area (Å²) in [6.07, 6.45) is 5.29. The second-order valence-corrected chi connectivity index (χ2v) is 7.50. The Bertz CT molecular complexity index is 479. The molecule has 5 heteroatoms. The van der Waals surface area contributed by atoms with Gasteiger partial charge in [0.15, 0.2) is 0 Å². The molecule has 0 aliphatic heterocycles. The summed E-state index contributed by atoms with van der Waals surface area (Å²) in [6, 6.07) is 0. The van der Waals surface area contributed by atoms with Gasteiger partial charge in [0.25, 0.3) is 0 Å². The summed E-state index contributed by atoms with van der Waals surface area (Å²) in [6.45, 7) is 14.8. The molecular formula is C20H35NO3S. The third-order valence-corrected chi connectivity index (χ3v) is 4.92. The topological polar surface area (TPSA) is 62.1 Å². The van der Waals surface area contributed by atoms with Crippen molar-refractivity contribution in [3.05, 3.63) is 23.8 Å². The van der Waals surface area contributed by atoms with Crippen molar-refractivity contribution in [3.63, 3.8) is 0 Å². The Kier molecular flexibility index (Phi) is 12.1. The van der Waals surface area contributed by atoms with Crippen LogP contribution in [0, 0.1) is 11.3 Å². The molecule has 0 spiro atoms. The van der Waals surface area contributed by atoms with Crippen molar-refractivity contribution in [2.75, 3.05) is 19.8 Å². The van der Waals surface area contributed by atoms with Gasteiger partial charge in [-0.1, -0.05) is 31.1 Å². The molecule has 2 bridgehead atoms. The number of rotatable bonds is 6. The lowest BCUT2D eigenvalue weighted by atomic mass is 9.52. The van der Waals surface area contributed by atoms with Crippen molar-refractivity contribution in [1.29, 1.82) is 0 Å². The number of aliphatic hydroxyl groups excluding tert-OH is 2. The highest BCUT2D eigenvalue weighted by atomic mass is 32.1. The first-order chi connectivity index (χ1) is 11.7. The first-order valence-corrected chi connectivity index (χ1v) is 9.35. The first-order valence-electron chi connectivity index (χ1n) is 8.94. The van der Waals surface area contributed by atoms with Crippen LogP contribution in [0.5, 0.6) is 0 Å². The zero-order chi connectivity index (χ0) is 19.5. The minimum Gasteiger partial charge on any atom is -0.394 e. The Hall–Kier alpha value is -0.840. The lowest BCUT2D eigenvalue weighted by Gasteiger charge is -2.52. The van der Waals surface area contributed by atoms with E-state index in [9.17, 15) is 0 Å². The van der Waals surface area contributed by atoms with E-state index in [-0.39, 0.29) is 12.7 Å². The molecule has 0 saturated heterocycles. The van der Waals surface area contributed by atoms with Crippen molar-refractivity contribution in [3.8, 4) is 0 Å². The SMILES string of the molecule is C=CCN=C=S.CC(O)COC(C)CO.CC1=C2CC(CC1)C2(C)C. The Morgan fingerprint density at radius 2 is 2.12 bits per heavy atom. The molecule has 0 amide bonds. The van der Waals surface area contributed by atoms with E-state index in [2.05, 4.69) is 49.7 Å². The summed E-state index contributed by atoms with van der Waals surface area (Å²) in [4.78, 5) is 3.54. The van der Waals surface area contributed by atoms with Crippen LogP contribution in [-0.2, 0) is 4.74 Å². The molecule has 3 unspecified atom stereocenters. The third-order valence-electron chi connectivity index (χ3n) is 4.80. The van der Waals surface area contributed by atoms with Gasteiger partial charge >= 0.3 is 0 Å². The van der Waals surface area contributed by atoms with Gasteiger partial charge in [-0.05, 0) is 63.6 Å². The van der Waals surface area contributed by atoms with Crippen LogP contribution in [0.25, 0.3) is 0 Å². The number of thiocarbonyl (C=S) groups is 1. The molecule has 0 aromatic carbocycles. The Morgan fingerprint density at radius 1 is 1.48 bits per heavy atom. The van der Waals surface area contributed by atoms with E-state index in [1.807, 2.05) is 0 Å². The minimum absolute atomic E-state index is 0.00667. The van der Waals surface area contributed by atoms with Crippen LogP contribution in [0.3, 0.4) is 0 Å². The summed E-state index contributed by atoms with van der Waals surface area (Å²) in [5.74, 6) is 1.02. The van der Waals surface area contributed by atoms with Crippen molar-refractivity contribution >= 4 is 17.4 Å². The van der Waals surface area contributed by atoms with Crippen molar-refractivity contribution < 1.29 is 14.9 Å². The van der Waals surface area contributed by atoms with Crippen LogP contribution in [0.4, 0.5) is 0 Å². The highest BCUT2D eigenvalue weighted by Gasteiger charge is 2.46. The fourth-order valence-electron chi connectivity index (χ4n) is 3.07. The standard InChI is InChI=1S/C10H16.C6H14O3.C4H5NS/c1-7-4-5-8-6-9(7)10(8,2)3;1-5(8)4-9-6(2)3-7;1-2-3-5-4-6/h8H,4-6H2,1-3H3;5-8H,3-4H2,1-2H3;2H,1,3H2. The summed E-state index contributed by atoms with van der Waals surface area (Å²) in [7, 11) is 0. The molecule has 3 rings (SSSR count). The zero-order valence-corrected chi connectivity index (χ0v) is 17.2. The van der Waals surface area contributed by atoms with Gasteiger partial charge in [-0.15, -0.1) is 6.58 Å². The van der Waals surface area contributed by atoms with Gasteiger partial charge in [0.2, 0.25) is 0 Å². The molecule has 0 aromatic rings. The molecule has 2 N–H and O–H groups in total. The van der Waals surface area contributed by atoms with Crippen molar-refractivity contribution in [2.24, 2.45) is 16.3 Å². The number of aliphatic imine (C=N–C) groups is 1. The van der Waals surface area contributed by atoms with E-state index in [0.717, 1.165) is 5.92 Å². The number of aliphatic hydroxyl groups is 2. The van der Waals surface area contributed by atoms with E-state index < -0.39 is 6.10 Å². The van der Waals surface area contributed by atoms with Crippen molar-refractivity contribution in [2.45, 2.75) is 66.1 Å². The molecule has 1 saturated carbocycles. The summed E-state index contributed by atoms with van der Waals surface area (Å²) in [5, 5.41) is 19.3. The van der Waals surface area contributed by atoms with E-state index in [0.29, 0.717) is 18.6 Å². The van der Waals surface area contributed by atoms with Gasteiger partial charge in [-0.3, -0.25) is 0 Å². The van der Waals surface area contributed by atoms with E-state index >= 15 is 0 Å². The zero-order valence-electron chi connectivity index (χ0n) is 16.4. The maximum Gasteiger partial charge on any atom is 0.0779 e. The summed E-state index contributed by atoms with van der Waals surface area (Å²) >= 11 is 4.25. The summed E-state index contributed by atoms with van der Waals surface area (Å²) < 4.78 is 4.95. The van der Waals surface area contributed by atoms with Gasteiger partial charge in [0, 0.05) is 0 Å². The predicted molar refractivity (Wildman–Crippen MR) is 108 cm³/mol. The monoisotopic (exact) mass is 369 g/mol. The summed E-state index contributed by atoms with van der Waals surface area (Å²) in [5.41, 5.74) is 4.04. The predicted octanol–water partition coefficient (Wildman–Crippen LogP) is 4.18. The normalized spacial score (nSPS) is 22.0. The van der Waals surface area contributed by atoms with Gasteiger partial charge in [-0.25, -0.2) is 4.99 Å². The number of nitrogens with zero attached hydrogens (tertiary/aromatic N) is 1. The number of hydrogen-bond acceptors (Lipinski definition) is 5. The molecule has 25 heavy (non-hydrogen) atoms. The number of ether oxygens (including phenoxy) is 1. The molecule has 0 heterocycles. The Morgan fingerprint density at radius 3 is 2.40 bits per heavy atom. The van der Waals surface area contributed by atoms with Crippen LogP contribution in [0.1, 0.15) is 53.9 Å².